The minimum Gasteiger partial charge on any atom is -0.492 e. The van der Waals surface area contributed by atoms with Gasteiger partial charge in [-0.05, 0) is 63.2 Å². The summed E-state index contributed by atoms with van der Waals surface area (Å²) in [6.07, 6.45) is 6.09. The molecule has 186 valence electrons. The number of likely N-dealkylation sites (tertiary alicyclic amines) is 1. The summed E-state index contributed by atoms with van der Waals surface area (Å²) in [5, 5.41) is 5.43. The van der Waals surface area contributed by atoms with Crippen molar-refractivity contribution < 1.29 is 14.2 Å². The molecule has 0 atom stereocenters. The van der Waals surface area contributed by atoms with Gasteiger partial charge in [-0.3, -0.25) is 4.90 Å². The SMILES string of the molecule is C=CCOCc1cc(Nc2nccc(-c3csc(COCC)c3)n2)ccc1OCCN1CCCC1. The van der Waals surface area contributed by atoms with Gasteiger partial charge < -0.3 is 19.5 Å². The lowest BCUT2D eigenvalue weighted by molar-refractivity contribution is 0.136. The first-order chi connectivity index (χ1) is 17.2. The summed E-state index contributed by atoms with van der Waals surface area (Å²) in [7, 11) is 0. The minimum atomic E-state index is 0.443. The minimum absolute atomic E-state index is 0.443. The standard InChI is InChI=1S/C27H34N4O3S/c1-3-14-33-18-21-16-23(7-8-26(21)34-15-13-31-11-5-6-12-31)29-27-28-10-9-25(30-27)22-17-24(35-20-22)19-32-4-2/h3,7-10,16-17,20H,1,4-6,11-15,18-19H2,2H3,(H,28,29,30). The van der Waals surface area contributed by atoms with Crippen LogP contribution in [0.15, 0.2) is 54.6 Å². The van der Waals surface area contributed by atoms with Crippen molar-refractivity contribution in [3.05, 3.63) is 65.0 Å². The van der Waals surface area contributed by atoms with Crippen LogP contribution in [0, 0.1) is 0 Å². The molecular weight excluding hydrogens is 460 g/mol. The molecule has 1 saturated heterocycles. The Kier molecular flexibility index (Phi) is 9.65. The van der Waals surface area contributed by atoms with E-state index in [0.717, 1.165) is 34.8 Å². The van der Waals surface area contributed by atoms with E-state index >= 15 is 0 Å². The molecule has 2 aromatic heterocycles. The Labute approximate surface area is 211 Å². The Hall–Kier alpha value is -2.78. The highest BCUT2D eigenvalue weighted by molar-refractivity contribution is 7.10. The third-order valence-corrected chi connectivity index (χ3v) is 6.64. The third-order valence-electron chi connectivity index (χ3n) is 5.73. The number of aromatic nitrogens is 2. The van der Waals surface area contributed by atoms with E-state index in [1.165, 1.54) is 30.8 Å². The molecule has 1 N–H and O–H groups in total. The van der Waals surface area contributed by atoms with E-state index in [1.54, 1.807) is 23.6 Å². The molecule has 35 heavy (non-hydrogen) atoms. The number of thiophene rings is 1. The van der Waals surface area contributed by atoms with Gasteiger partial charge in [0, 0.05) is 46.4 Å². The van der Waals surface area contributed by atoms with Gasteiger partial charge in [0.1, 0.15) is 12.4 Å². The van der Waals surface area contributed by atoms with E-state index in [4.69, 9.17) is 19.2 Å². The monoisotopic (exact) mass is 494 g/mol. The number of nitrogens with zero attached hydrogens (tertiary/aromatic N) is 3. The van der Waals surface area contributed by atoms with Crippen molar-refractivity contribution in [3.8, 4) is 17.0 Å². The lowest BCUT2D eigenvalue weighted by Crippen LogP contribution is -2.25. The first-order valence-electron chi connectivity index (χ1n) is 12.2. The predicted molar refractivity (Wildman–Crippen MR) is 141 cm³/mol. The maximum Gasteiger partial charge on any atom is 0.227 e. The zero-order chi connectivity index (χ0) is 24.3. The molecule has 4 rings (SSSR count). The van der Waals surface area contributed by atoms with Gasteiger partial charge >= 0.3 is 0 Å². The van der Waals surface area contributed by atoms with Crippen molar-refractivity contribution in [1.29, 1.82) is 0 Å². The van der Waals surface area contributed by atoms with Crippen LogP contribution in [0.1, 0.15) is 30.2 Å². The first-order valence-corrected chi connectivity index (χ1v) is 13.1. The number of hydrogen-bond donors (Lipinski definition) is 1. The van der Waals surface area contributed by atoms with Crippen LogP contribution in [-0.2, 0) is 22.7 Å². The highest BCUT2D eigenvalue weighted by Crippen LogP contribution is 2.28. The lowest BCUT2D eigenvalue weighted by Gasteiger charge is -2.17. The van der Waals surface area contributed by atoms with Crippen molar-refractivity contribution in [2.75, 3.05) is 44.8 Å². The van der Waals surface area contributed by atoms with Gasteiger partial charge in [0.15, 0.2) is 0 Å². The van der Waals surface area contributed by atoms with Gasteiger partial charge in [-0.2, -0.15) is 0 Å². The van der Waals surface area contributed by atoms with E-state index in [2.05, 4.69) is 33.2 Å². The highest BCUT2D eigenvalue weighted by Gasteiger charge is 2.13. The van der Waals surface area contributed by atoms with E-state index in [9.17, 15) is 0 Å². The molecule has 0 radical (unpaired) electrons. The van der Waals surface area contributed by atoms with Crippen LogP contribution in [0.4, 0.5) is 11.6 Å². The van der Waals surface area contributed by atoms with Crippen LogP contribution in [0.2, 0.25) is 0 Å². The fraction of sp³-hybridized carbons (Fsp3) is 0.407. The number of anilines is 2. The average molecular weight is 495 g/mol. The second-order valence-electron chi connectivity index (χ2n) is 8.35. The van der Waals surface area contributed by atoms with Crippen LogP contribution in [0.5, 0.6) is 5.75 Å². The fourth-order valence-corrected chi connectivity index (χ4v) is 4.77. The van der Waals surface area contributed by atoms with Gasteiger partial charge in [0.25, 0.3) is 0 Å². The molecule has 0 bridgehead atoms. The molecule has 8 heteroatoms. The third kappa shape index (κ3) is 7.60. The zero-order valence-electron chi connectivity index (χ0n) is 20.4. The van der Waals surface area contributed by atoms with Gasteiger partial charge in [-0.1, -0.05) is 6.08 Å². The molecule has 1 fully saturated rings. The molecule has 1 aliphatic rings. The van der Waals surface area contributed by atoms with Crippen LogP contribution in [-0.4, -0.2) is 54.3 Å². The summed E-state index contributed by atoms with van der Waals surface area (Å²) in [5.41, 5.74) is 3.80. The molecule has 3 aromatic rings. The van der Waals surface area contributed by atoms with Crippen molar-refractivity contribution >= 4 is 23.0 Å². The number of ether oxygens (including phenoxy) is 3. The van der Waals surface area contributed by atoms with E-state index in [1.807, 2.05) is 31.2 Å². The first kappa shape index (κ1) is 25.3. The maximum absolute atomic E-state index is 6.13. The molecule has 0 aliphatic carbocycles. The summed E-state index contributed by atoms with van der Waals surface area (Å²) in [4.78, 5) is 12.8. The van der Waals surface area contributed by atoms with Crippen molar-refractivity contribution in [2.45, 2.75) is 33.0 Å². The van der Waals surface area contributed by atoms with Crippen molar-refractivity contribution in [1.82, 2.24) is 14.9 Å². The summed E-state index contributed by atoms with van der Waals surface area (Å²) in [6.45, 7) is 11.9. The Bertz CT molecular complexity index is 1080. The molecule has 1 aromatic carbocycles. The Morgan fingerprint density at radius 3 is 2.86 bits per heavy atom. The number of nitrogens with one attached hydrogen (secondary N) is 1. The van der Waals surface area contributed by atoms with E-state index < -0.39 is 0 Å². The number of rotatable bonds is 14. The summed E-state index contributed by atoms with van der Waals surface area (Å²) >= 11 is 1.68. The molecule has 0 saturated carbocycles. The van der Waals surface area contributed by atoms with Crippen molar-refractivity contribution in [2.24, 2.45) is 0 Å². The van der Waals surface area contributed by atoms with Gasteiger partial charge in [0.05, 0.1) is 25.5 Å². The fourth-order valence-electron chi connectivity index (χ4n) is 3.96. The van der Waals surface area contributed by atoms with Crippen LogP contribution in [0.3, 0.4) is 0 Å². The largest absolute Gasteiger partial charge is 0.492 e. The molecule has 0 amide bonds. The molecule has 3 heterocycles. The smallest absolute Gasteiger partial charge is 0.227 e. The van der Waals surface area contributed by atoms with Crippen LogP contribution < -0.4 is 10.1 Å². The topological polar surface area (TPSA) is 68.7 Å². The maximum atomic E-state index is 6.13. The lowest BCUT2D eigenvalue weighted by atomic mass is 10.2. The Balaban J connectivity index is 1.43. The Morgan fingerprint density at radius 1 is 1.14 bits per heavy atom. The highest BCUT2D eigenvalue weighted by atomic mass is 32.1. The summed E-state index contributed by atoms with van der Waals surface area (Å²) in [6, 6.07) is 10.1. The molecule has 0 spiro atoms. The number of benzene rings is 1. The second-order valence-corrected chi connectivity index (χ2v) is 9.35. The summed E-state index contributed by atoms with van der Waals surface area (Å²) < 4.78 is 17.4. The molecular formula is C27H34N4O3S. The average Bonchev–Trinajstić information content (AvgIpc) is 3.57. The predicted octanol–water partition coefficient (Wildman–Crippen LogP) is 5.66. The normalized spacial score (nSPS) is 13.7. The van der Waals surface area contributed by atoms with Gasteiger partial charge in [-0.15, -0.1) is 17.9 Å². The van der Waals surface area contributed by atoms with Crippen LogP contribution >= 0.6 is 11.3 Å². The van der Waals surface area contributed by atoms with Crippen LogP contribution in [0.25, 0.3) is 11.3 Å². The molecule has 0 unspecified atom stereocenters. The quantitative estimate of drug-likeness (QED) is 0.229. The van der Waals surface area contributed by atoms with E-state index in [-0.39, 0.29) is 0 Å². The summed E-state index contributed by atoms with van der Waals surface area (Å²) in [5.74, 6) is 1.38. The second kappa shape index (κ2) is 13.3. The van der Waals surface area contributed by atoms with Crippen molar-refractivity contribution in [3.63, 3.8) is 0 Å². The van der Waals surface area contributed by atoms with Gasteiger partial charge in [0.2, 0.25) is 5.95 Å². The molecule has 7 nitrogen and oxygen atoms in total. The number of hydrogen-bond acceptors (Lipinski definition) is 8. The van der Waals surface area contributed by atoms with Gasteiger partial charge in [-0.25, -0.2) is 9.97 Å². The Morgan fingerprint density at radius 2 is 2.03 bits per heavy atom. The van der Waals surface area contributed by atoms with E-state index in [0.29, 0.717) is 39.0 Å². The zero-order valence-corrected chi connectivity index (χ0v) is 21.2. The molecule has 1 aliphatic heterocycles.